The van der Waals surface area contributed by atoms with Gasteiger partial charge in [0.25, 0.3) is 5.91 Å². The number of nitrogens with zero attached hydrogens (tertiary/aromatic N) is 2. The van der Waals surface area contributed by atoms with Gasteiger partial charge in [0, 0.05) is 19.3 Å². The first-order valence-corrected chi connectivity index (χ1v) is 7.89. The maximum absolute atomic E-state index is 12.4. The number of para-hydroxylation sites is 1. The van der Waals surface area contributed by atoms with Gasteiger partial charge in [0.1, 0.15) is 11.6 Å². The lowest BCUT2D eigenvalue weighted by Crippen LogP contribution is -2.30. The molecule has 1 aromatic carbocycles. The number of piperidine rings is 1. The normalized spacial score (nSPS) is 15.5. The van der Waals surface area contributed by atoms with Crippen LogP contribution in [0.4, 0.5) is 5.69 Å². The van der Waals surface area contributed by atoms with Crippen molar-refractivity contribution >= 4 is 17.6 Å². The standard InChI is InChI=1S/C18H21N3O3/c1-13-7-9-21(10-8-13)12-14(11-19)17(22)20-16-6-4-3-5-15(16)18(23)24-2/h3-6,12-13H,7-10H2,1-2H3,(H,20,22)/b14-12-. The SMILES string of the molecule is COC(=O)c1ccccc1NC(=O)/C(C#N)=C\N1CCC(C)CC1. The van der Waals surface area contributed by atoms with E-state index in [9.17, 15) is 14.9 Å². The second-order valence-electron chi connectivity index (χ2n) is 5.86. The Balaban J connectivity index is 2.13. The summed E-state index contributed by atoms with van der Waals surface area (Å²) in [6.45, 7) is 3.86. The van der Waals surface area contributed by atoms with Crippen molar-refractivity contribution in [2.24, 2.45) is 5.92 Å². The first-order valence-electron chi connectivity index (χ1n) is 7.89. The molecular formula is C18H21N3O3. The van der Waals surface area contributed by atoms with Crippen LogP contribution in [0.3, 0.4) is 0 Å². The highest BCUT2D eigenvalue weighted by atomic mass is 16.5. The highest BCUT2D eigenvalue weighted by molar-refractivity contribution is 6.09. The van der Waals surface area contributed by atoms with Crippen molar-refractivity contribution in [2.45, 2.75) is 19.8 Å². The maximum Gasteiger partial charge on any atom is 0.339 e. The van der Waals surface area contributed by atoms with Crippen molar-refractivity contribution in [3.05, 3.63) is 41.6 Å². The van der Waals surface area contributed by atoms with Crippen LogP contribution in [0, 0.1) is 17.2 Å². The Morgan fingerprint density at radius 1 is 1.33 bits per heavy atom. The number of amides is 1. The molecule has 2 rings (SSSR count). The Morgan fingerprint density at radius 3 is 2.62 bits per heavy atom. The van der Waals surface area contributed by atoms with Crippen LogP contribution in [0.15, 0.2) is 36.0 Å². The number of nitrogens with one attached hydrogen (secondary N) is 1. The van der Waals surface area contributed by atoms with Crippen LogP contribution < -0.4 is 5.32 Å². The molecule has 24 heavy (non-hydrogen) atoms. The number of benzene rings is 1. The topological polar surface area (TPSA) is 82.4 Å². The molecule has 6 heteroatoms. The van der Waals surface area contributed by atoms with Crippen LogP contribution in [0.2, 0.25) is 0 Å². The van der Waals surface area contributed by atoms with Gasteiger partial charge in [-0.3, -0.25) is 4.79 Å². The third-order valence-corrected chi connectivity index (χ3v) is 4.08. The number of carbonyl (C=O) groups excluding carboxylic acids is 2. The van der Waals surface area contributed by atoms with Crippen LogP contribution >= 0.6 is 0 Å². The summed E-state index contributed by atoms with van der Waals surface area (Å²) >= 11 is 0. The Morgan fingerprint density at radius 2 is 2.00 bits per heavy atom. The number of methoxy groups -OCH3 is 1. The fraction of sp³-hybridized carbons (Fsp3) is 0.389. The summed E-state index contributed by atoms with van der Waals surface area (Å²) in [4.78, 5) is 26.1. The van der Waals surface area contributed by atoms with Crippen LogP contribution in [-0.4, -0.2) is 37.0 Å². The summed E-state index contributed by atoms with van der Waals surface area (Å²) in [5.74, 6) is -0.410. The molecule has 0 spiro atoms. The second kappa shape index (κ2) is 8.16. The molecular weight excluding hydrogens is 306 g/mol. The summed E-state index contributed by atoms with van der Waals surface area (Å²) < 4.78 is 4.70. The van der Waals surface area contributed by atoms with Crippen molar-refractivity contribution in [1.82, 2.24) is 4.90 Å². The van der Waals surface area contributed by atoms with E-state index in [2.05, 4.69) is 12.2 Å². The van der Waals surface area contributed by atoms with Gasteiger partial charge in [-0.1, -0.05) is 19.1 Å². The third kappa shape index (κ3) is 4.35. The number of ether oxygens (including phenoxy) is 1. The zero-order valence-electron chi connectivity index (χ0n) is 13.9. The Bertz CT molecular complexity index is 683. The highest BCUT2D eigenvalue weighted by Crippen LogP contribution is 2.19. The van der Waals surface area contributed by atoms with E-state index in [0.29, 0.717) is 11.6 Å². The van der Waals surface area contributed by atoms with E-state index < -0.39 is 11.9 Å². The molecule has 0 aromatic heterocycles. The summed E-state index contributed by atoms with van der Waals surface area (Å²) in [6, 6.07) is 8.47. The van der Waals surface area contributed by atoms with Crippen LogP contribution in [0.1, 0.15) is 30.1 Å². The number of likely N-dealkylation sites (tertiary alicyclic amines) is 1. The van der Waals surface area contributed by atoms with E-state index in [1.165, 1.54) is 7.11 Å². The number of hydrogen-bond donors (Lipinski definition) is 1. The predicted octanol–water partition coefficient (Wildman–Crippen LogP) is 2.55. The molecule has 1 fully saturated rings. The summed E-state index contributed by atoms with van der Waals surface area (Å²) in [5, 5.41) is 11.9. The minimum Gasteiger partial charge on any atom is -0.465 e. The number of anilines is 1. The van der Waals surface area contributed by atoms with Crippen molar-refractivity contribution < 1.29 is 14.3 Å². The van der Waals surface area contributed by atoms with Crippen molar-refractivity contribution in [3.8, 4) is 6.07 Å². The van der Waals surface area contributed by atoms with E-state index >= 15 is 0 Å². The number of hydrogen-bond acceptors (Lipinski definition) is 5. The van der Waals surface area contributed by atoms with E-state index in [0.717, 1.165) is 25.9 Å². The molecule has 6 nitrogen and oxygen atoms in total. The summed E-state index contributed by atoms with van der Waals surface area (Å²) in [7, 11) is 1.28. The molecule has 1 N–H and O–H groups in total. The minimum absolute atomic E-state index is 0.0178. The number of esters is 1. The average molecular weight is 327 g/mol. The van der Waals surface area contributed by atoms with Gasteiger partial charge in [-0.2, -0.15) is 5.26 Å². The van der Waals surface area contributed by atoms with Gasteiger partial charge in [-0.25, -0.2) is 4.79 Å². The quantitative estimate of drug-likeness (QED) is 0.522. The lowest BCUT2D eigenvalue weighted by molar-refractivity contribution is -0.112. The molecule has 1 saturated heterocycles. The molecule has 1 aliphatic rings. The van der Waals surface area contributed by atoms with E-state index in [1.807, 2.05) is 11.0 Å². The molecule has 0 unspecified atom stereocenters. The number of rotatable bonds is 4. The zero-order valence-corrected chi connectivity index (χ0v) is 13.9. The molecule has 0 bridgehead atoms. The zero-order chi connectivity index (χ0) is 17.5. The monoisotopic (exact) mass is 327 g/mol. The fourth-order valence-electron chi connectivity index (χ4n) is 2.55. The lowest BCUT2D eigenvalue weighted by Gasteiger charge is -2.29. The third-order valence-electron chi connectivity index (χ3n) is 4.08. The molecule has 1 heterocycles. The number of nitriles is 1. The Labute approximate surface area is 141 Å². The largest absolute Gasteiger partial charge is 0.465 e. The first kappa shape index (κ1) is 17.5. The van der Waals surface area contributed by atoms with Crippen molar-refractivity contribution in [3.63, 3.8) is 0 Å². The van der Waals surface area contributed by atoms with Gasteiger partial charge in [0.05, 0.1) is 18.4 Å². The van der Waals surface area contributed by atoms with E-state index in [4.69, 9.17) is 4.74 Å². The van der Waals surface area contributed by atoms with Gasteiger partial charge >= 0.3 is 5.97 Å². The Hall–Kier alpha value is -2.81. The van der Waals surface area contributed by atoms with Crippen molar-refractivity contribution in [2.75, 3.05) is 25.5 Å². The van der Waals surface area contributed by atoms with Gasteiger partial charge < -0.3 is 15.0 Å². The minimum atomic E-state index is -0.543. The van der Waals surface area contributed by atoms with Crippen LogP contribution in [-0.2, 0) is 9.53 Å². The van der Waals surface area contributed by atoms with Gasteiger partial charge in [0.2, 0.25) is 0 Å². The number of carbonyl (C=O) groups is 2. The van der Waals surface area contributed by atoms with Gasteiger partial charge in [-0.15, -0.1) is 0 Å². The smallest absolute Gasteiger partial charge is 0.339 e. The highest BCUT2D eigenvalue weighted by Gasteiger charge is 2.18. The Kier molecular flexibility index (Phi) is 5.96. The molecule has 126 valence electrons. The molecule has 0 saturated carbocycles. The van der Waals surface area contributed by atoms with Crippen LogP contribution in [0.5, 0.6) is 0 Å². The van der Waals surface area contributed by atoms with E-state index in [-0.39, 0.29) is 11.1 Å². The predicted molar refractivity (Wildman–Crippen MR) is 90.1 cm³/mol. The van der Waals surface area contributed by atoms with Crippen LogP contribution in [0.25, 0.3) is 0 Å². The summed E-state index contributed by atoms with van der Waals surface area (Å²) in [6.07, 6.45) is 3.69. The van der Waals surface area contributed by atoms with E-state index in [1.54, 1.807) is 30.5 Å². The molecule has 0 aliphatic carbocycles. The summed E-state index contributed by atoms with van der Waals surface area (Å²) in [5.41, 5.74) is 0.587. The molecule has 0 radical (unpaired) electrons. The first-order chi connectivity index (χ1) is 11.5. The second-order valence-corrected chi connectivity index (χ2v) is 5.86. The van der Waals surface area contributed by atoms with Gasteiger partial charge in [-0.05, 0) is 30.9 Å². The van der Waals surface area contributed by atoms with Gasteiger partial charge in [0.15, 0.2) is 0 Å². The average Bonchev–Trinajstić information content (AvgIpc) is 2.61. The fourth-order valence-corrected chi connectivity index (χ4v) is 2.55. The molecule has 1 amide bonds. The molecule has 1 aliphatic heterocycles. The molecule has 0 atom stereocenters. The lowest BCUT2D eigenvalue weighted by atomic mass is 9.99. The van der Waals surface area contributed by atoms with Crippen molar-refractivity contribution in [1.29, 1.82) is 5.26 Å². The maximum atomic E-state index is 12.4. The molecule has 1 aromatic rings.